The first-order chi connectivity index (χ1) is 5.18. The van der Waals surface area contributed by atoms with Crippen LogP contribution in [0.25, 0.3) is 0 Å². The summed E-state index contributed by atoms with van der Waals surface area (Å²) in [6, 6.07) is 0. The third-order valence-electron chi connectivity index (χ3n) is 2.35. The second kappa shape index (κ2) is 5.22. The lowest BCUT2D eigenvalue weighted by Gasteiger charge is -2.21. The van der Waals surface area contributed by atoms with Crippen LogP contribution < -0.4 is 0 Å². The fourth-order valence-electron chi connectivity index (χ4n) is 0.794. The van der Waals surface area contributed by atoms with Crippen LogP contribution in [0.5, 0.6) is 0 Å². The van der Waals surface area contributed by atoms with Gasteiger partial charge in [0.15, 0.2) is 0 Å². The van der Waals surface area contributed by atoms with Gasteiger partial charge in [-0.1, -0.05) is 20.8 Å². The Kier molecular flexibility index (Phi) is 5.01. The molecule has 0 saturated carbocycles. The Bertz CT molecular complexity index is 112. The molecule has 0 N–H and O–H groups in total. The molecule has 1 heteroatoms. The van der Waals surface area contributed by atoms with Gasteiger partial charge < -0.3 is 4.74 Å². The molecule has 0 bridgehead atoms. The van der Waals surface area contributed by atoms with E-state index in [1.165, 1.54) is 12.8 Å². The van der Waals surface area contributed by atoms with Crippen LogP contribution in [0, 0.1) is 5.41 Å². The molecular formula is C10H20O. The van der Waals surface area contributed by atoms with Crippen molar-refractivity contribution >= 4 is 0 Å². The summed E-state index contributed by atoms with van der Waals surface area (Å²) in [5.74, 6) is 0. The fraction of sp³-hybridized carbons (Fsp3) is 0.800. The van der Waals surface area contributed by atoms with Crippen molar-refractivity contribution in [2.45, 2.75) is 40.5 Å². The fourth-order valence-corrected chi connectivity index (χ4v) is 0.794. The molecular weight excluding hydrogens is 136 g/mol. The lowest BCUT2D eigenvalue weighted by atomic mass is 9.85. The zero-order valence-corrected chi connectivity index (χ0v) is 8.18. The van der Waals surface area contributed by atoms with E-state index in [4.69, 9.17) is 4.74 Å². The minimum Gasteiger partial charge on any atom is -0.502 e. The number of rotatable bonds is 5. The highest BCUT2D eigenvalue weighted by molar-refractivity contribution is 4.92. The molecule has 0 aromatic heterocycles. The molecule has 0 spiro atoms. The Hall–Kier alpha value is -0.460. The molecule has 0 radical (unpaired) electrons. The lowest BCUT2D eigenvalue weighted by molar-refractivity contribution is 0.259. The summed E-state index contributed by atoms with van der Waals surface area (Å²) < 4.78 is 5.15. The van der Waals surface area contributed by atoms with Gasteiger partial charge >= 0.3 is 0 Å². The van der Waals surface area contributed by atoms with Crippen molar-refractivity contribution in [3.8, 4) is 0 Å². The van der Waals surface area contributed by atoms with Gasteiger partial charge in [0.05, 0.1) is 12.9 Å². The van der Waals surface area contributed by atoms with Gasteiger partial charge in [-0.3, -0.25) is 0 Å². The predicted octanol–water partition coefficient (Wildman–Crippen LogP) is 3.36. The Morgan fingerprint density at radius 3 is 2.09 bits per heavy atom. The van der Waals surface area contributed by atoms with Crippen LogP contribution in [0.15, 0.2) is 12.3 Å². The van der Waals surface area contributed by atoms with Gasteiger partial charge in [0.2, 0.25) is 0 Å². The summed E-state index contributed by atoms with van der Waals surface area (Å²) in [4.78, 5) is 0. The molecule has 66 valence electrons. The molecule has 0 unspecified atom stereocenters. The van der Waals surface area contributed by atoms with E-state index in [2.05, 4.69) is 26.8 Å². The van der Waals surface area contributed by atoms with Crippen LogP contribution in [0.2, 0.25) is 0 Å². The summed E-state index contributed by atoms with van der Waals surface area (Å²) >= 11 is 0. The van der Waals surface area contributed by atoms with Gasteiger partial charge in [-0.25, -0.2) is 0 Å². The third-order valence-corrected chi connectivity index (χ3v) is 2.35. The van der Waals surface area contributed by atoms with E-state index in [1.54, 1.807) is 0 Å². The molecule has 1 nitrogen and oxygen atoms in total. The van der Waals surface area contributed by atoms with Gasteiger partial charge in [-0.05, 0) is 31.3 Å². The van der Waals surface area contributed by atoms with E-state index < -0.39 is 0 Å². The molecule has 0 aliphatic rings. The van der Waals surface area contributed by atoms with Gasteiger partial charge in [-0.2, -0.15) is 0 Å². The summed E-state index contributed by atoms with van der Waals surface area (Å²) in [6.45, 7) is 9.43. The van der Waals surface area contributed by atoms with Crippen LogP contribution in [0.1, 0.15) is 40.5 Å². The molecule has 0 aromatic carbocycles. The Labute approximate surface area is 70.4 Å². The van der Waals surface area contributed by atoms with Crippen molar-refractivity contribution in [2.24, 2.45) is 5.41 Å². The van der Waals surface area contributed by atoms with E-state index in [0.717, 1.165) is 6.61 Å². The lowest BCUT2D eigenvalue weighted by Crippen LogP contribution is -2.09. The maximum absolute atomic E-state index is 5.15. The van der Waals surface area contributed by atoms with E-state index in [-0.39, 0.29) is 0 Å². The van der Waals surface area contributed by atoms with E-state index in [9.17, 15) is 0 Å². The topological polar surface area (TPSA) is 9.23 Å². The quantitative estimate of drug-likeness (QED) is 0.554. The first kappa shape index (κ1) is 10.5. The summed E-state index contributed by atoms with van der Waals surface area (Å²) in [5.41, 5.74) is 0.329. The Morgan fingerprint density at radius 2 is 1.73 bits per heavy atom. The largest absolute Gasteiger partial charge is 0.502 e. The highest BCUT2D eigenvalue weighted by atomic mass is 16.5. The SMILES string of the molecule is CCOC=CC(C)(CC)CC. The minimum atomic E-state index is 0.329. The molecule has 0 fully saturated rings. The average molecular weight is 156 g/mol. The van der Waals surface area contributed by atoms with Crippen molar-refractivity contribution in [1.29, 1.82) is 0 Å². The standard InChI is InChI=1S/C10H20O/c1-5-10(4,6-2)8-9-11-7-3/h8-9H,5-7H2,1-4H3. The first-order valence-corrected chi connectivity index (χ1v) is 4.47. The van der Waals surface area contributed by atoms with Crippen molar-refractivity contribution < 1.29 is 4.74 Å². The molecule has 0 amide bonds. The third kappa shape index (κ3) is 4.07. The number of hydrogen-bond donors (Lipinski definition) is 0. The van der Waals surface area contributed by atoms with Crippen LogP contribution >= 0.6 is 0 Å². The second-order valence-corrected chi connectivity index (χ2v) is 3.12. The summed E-state index contributed by atoms with van der Waals surface area (Å²) in [5, 5.41) is 0. The molecule has 0 rings (SSSR count). The Morgan fingerprint density at radius 1 is 1.18 bits per heavy atom. The van der Waals surface area contributed by atoms with Crippen molar-refractivity contribution in [2.75, 3.05) is 6.61 Å². The Balaban J connectivity index is 3.85. The van der Waals surface area contributed by atoms with E-state index in [1.807, 2.05) is 13.2 Å². The molecule has 11 heavy (non-hydrogen) atoms. The maximum Gasteiger partial charge on any atom is 0.0845 e. The molecule has 0 aliphatic heterocycles. The monoisotopic (exact) mass is 156 g/mol. The highest BCUT2D eigenvalue weighted by Crippen LogP contribution is 2.26. The minimum absolute atomic E-state index is 0.329. The van der Waals surface area contributed by atoms with Gasteiger partial charge in [0.25, 0.3) is 0 Å². The smallest absolute Gasteiger partial charge is 0.0845 e. The van der Waals surface area contributed by atoms with Crippen molar-refractivity contribution in [3.63, 3.8) is 0 Å². The molecule has 0 atom stereocenters. The zero-order valence-electron chi connectivity index (χ0n) is 8.18. The zero-order chi connectivity index (χ0) is 8.74. The average Bonchev–Trinajstić information content (AvgIpc) is 2.05. The molecule has 0 heterocycles. The normalized spacial score (nSPS) is 12.4. The summed E-state index contributed by atoms with van der Waals surface area (Å²) in [6.07, 6.45) is 6.34. The molecule has 0 saturated heterocycles. The van der Waals surface area contributed by atoms with Gasteiger partial charge in [0, 0.05) is 0 Å². The number of hydrogen-bond acceptors (Lipinski definition) is 1. The second-order valence-electron chi connectivity index (χ2n) is 3.12. The van der Waals surface area contributed by atoms with Crippen molar-refractivity contribution in [3.05, 3.63) is 12.3 Å². The van der Waals surface area contributed by atoms with Crippen LogP contribution in [0.4, 0.5) is 0 Å². The highest BCUT2D eigenvalue weighted by Gasteiger charge is 2.14. The number of ether oxygens (including phenoxy) is 1. The van der Waals surface area contributed by atoms with E-state index in [0.29, 0.717) is 5.41 Å². The van der Waals surface area contributed by atoms with Gasteiger partial charge in [0.1, 0.15) is 0 Å². The molecule has 0 aliphatic carbocycles. The maximum atomic E-state index is 5.15. The predicted molar refractivity (Wildman–Crippen MR) is 49.5 cm³/mol. The molecule has 0 aromatic rings. The summed E-state index contributed by atoms with van der Waals surface area (Å²) in [7, 11) is 0. The van der Waals surface area contributed by atoms with Crippen LogP contribution in [-0.4, -0.2) is 6.61 Å². The van der Waals surface area contributed by atoms with Gasteiger partial charge in [-0.15, -0.1) is 0 Å². The van der Waals surface area contributed by atoms with Crippen LogP contribution in [0.3, 0.4) is 0 Å². The van der Waals surface area contributed by atoms with E-state index >= 15 is 0 Å². The van der Waals surface area contributed by atoms with Crippen LogP contribution in [-0.2, 0) is 4.74 Å². The van der Waals surface area contributed by atoms with Crippen molar-refractivity contribution in [1.82, 2.24) is 0 Å². The first-order valence-electron chi connectivity index (χ1n) is 4.47. The number of allylic oxidation sites excluding steroid dienone is 1.